The van der Waals surface area contributed by atoms with E-state index in [0.29, 0.717) is 17.4 Å². The van der Waals surface area contributed by atoms with Crippen molar-refractivity contribution in [1.82, 2.24) is 0 Å². The van der Waals surface area contributed by atoms with Gasteiger partial charge in [0.25, 0.3) is 6.29 Å². The molecule has 1 N–H and O–H groups in total. The van der Waals surface area contributed by atoms with Crippen molar-refractivity contribution in [2.24, 2.45) is 0 Å². The van der Waals surface area contributed by atoms with E-state index in [0.717, 1.165) is 83.5 Å². The van der Waals surface area contributed by atoms with E-state index in [1.54, 1.807) is 0 Å². The molecule has 79 heavy (non-hydrogen) atoms. The van der Waals surface area contributed by atoms with Crippen LogP contribution in [0.15, 0.2) is 85.1 Å². The third kappa shape index (κ3) is 61.9. The highest BCUT2D eigenvalue weighted by atomic mass is 16.7. The molecule has 456 valence electrons. The molecule has 2 unspecified atom stereocenters. The average Bonchev–Trinajstić information content (AvgIpc) is 3.42. The highest BCUT2D eigenvalue weighted by Crippen LogP contribution is 2.17. The van der Waals surface area contributed by atoms with E-state index in [1.807, 2.05) is 21.1 Å². The van der Waals surface area contributed by atoms with E-state index >= 15 is 0 Å². The molecule has 0 saturated heterocycles. The SMILES string of the molecule is CC/C=C\C/C=C\C/C=C\C/C=C\C/C=C\C/C=C\C/C=C\CCCCCCCCCCCCCCCCCCCCCC(=O)OC(COC(=O)CCCCCCCCCCCCCCC)COC(OCC[N+](C)(C)C)C(=O)O. The molecule has 0 saturated carbocycles. The van der Waals surface area contributed by atoms with Gasteiger partial charge in [-0.05, 0) is 70.6 Å². The molecule has 0 aliphatic carbocycles. The first kappa shape index (κ1) is 75.5. The number of ether oxygens (including phenoxy) is 4. The van der Waals surface area contributed by atoms with E-state index in [1.165, 1.54) is 173 Å². The number of hydrogen-bond donors (Lipinski definition) is 1. The second-order valence-electron chi connectivity index (χ2n) is 23.1. The molecule has 0 amide bonds. The smallest absolute Gasteiger partial charge is 0.361 e. The summed E-state index contributed by atoms with van der Waals surface area (Å²) in [5.74, 6) is -1.99. The number of aliphatic carboxylic acids is 1. The Morgan fingerprint density at radius 2 is 0.722 bits per heavy atom. The molecule has 9 heteroatoms. The maximum atomic E-state index is 12.9. The van der Waals surface area contributed by atoms with Gasteiger partial charge in [0.1, 0.15) is 13.2 Å². The fourth-order valence-electron chi connectivity index (χ4n) is 9.17. The van der Waals surface area contributed by atoms with E-state index in [-0.39, 0.29) is 32.2 Å². The van der Waals surface area contributed by atoms with Crippen molar-refractivity contribution in [3.63, 3.8) is 0 Å². The first-order valence-corrected chi connectivity index (χ1v) is 32.8. The fourth-order valence-corrected chi connectivity index (χ4v) is 9.17. The number of allylic oxidation sites excluding steroid dienone is 14. The Labute approximate surface area is 487 Å². The Kier molecular flexibility index (Phi) is 57.9. The van der Waals surface area contributed by atoms with E-state index in [4.69, 9.17) is 18.9 Å². The lowest BCUT2D eigenvalue weighted by atomic mass is 10.0. The van der Waals surface area contributed by atoms with Crippen LogP contribution in [0.25, 0.3) is 0 Å². The van der Waals surface area contributed by atoms with Crippen molar-refractivity contribution < 1.29 is 42.9 Å². The predicted molar refractivity (Wildman–Crippen MR) is 336 cm³/mol. The van der Waals surface area contributed by atoms with Gasteiger partial charge >= 0.3 is 17.9 Å². The van der Waals surface area contributed by atoms with Crippen LogP contribution in [0.2, 0.25) is 0 Å². The van der Waals surface area contributed by atoms with Crippen molar-refractivity contribution in [2.45, 2.75) is 296 Å². The Hall–Kier alpha value is -3.53. The van der Waals surface area contributed by atoms with Gasteiger partial charge in [-0.3, -0.25) is 9.59 Å². The topological polar surface area (TPSA) is 108 Å². The lowest BCUT2D eigenvalue weighted by molar-refractivity contribution is -0.870. The zero-order valence-corrected chi connectivity index (χ0v) is 52.0. The van der Waals surface area contributed by atoms with Crippen LogP contribution in [0.1, 0.15) is 284 Å². The molecule has 0 heterocycles. The van der Waals surface area contributed by atoms with Crippen LogP contribution in [0.4, 0.5) is 0 Å². The van der Waals surface area contributed by atoms with E-state index < -0.39 is 24.3 Å². The van der Waals surface area contributed by atoms with Gasteiger partial charge in [-0.1, -0.05) is 285 Å². The Bertz CT molecular complexity index is 1570. The van der Waals surface area contributed by atoms with Gasteiger partial charge in [-0.15, -0.1) is 0 Å². The molecule has 2 atom stereocenters. The highest BCUT2D eigenvalue weighted by Gasteiger charge is 2.25. The minimum atomic E-state index is -1.51. The lowest BCUT2D eigenvalue weighted by Crippen LogP contribution is -2.40. The molecule has 0 aromatic carbocycles. The van der Waals surface area contributed by atoms with Crippen LogP contribution in [0.3, 0.4) is 0 Å². The summed E-state index contributed by atoms with van der Waals surface area (Å²) in [5, 5.41) is 9.70. The number of quaternary nitrogens is 1. The molecule has 0 spiro atoms. The van der Waals surface area contributed by atoms with Gasteiger partial charge in [0.15, 0.2) is 6.10 Å². The predicted octanol–water partition coefficient (Wildman–Crippen LogP) is 19.9. The lowest BCUT2D eigenvalue weighted by Gasteiger charge is -2.25. The van der Waals surface area contributed by atoms with Crippen LogP contribution < -0.4 is 0 Å². The van der Waals surface area contributed by atoms with Gasteiger partial charge in [0, 0.05) is 12.8 Å². The number of carboxylic acid groups (broad SMARTS) is 1. The monoisotopic (exact) mass is 1110 g/mol. The van der Waals surface area contributed by atoms with Gasteiger partial charge in [0.2, 0.25) is 0 Å². The Morgan fingerprint density at radius 3 is 1.08 bits per heavy atom. The maximum Gasteiger partial charge on any atom is 0.361 e. The largest absolute Gasteiger partial charge is 0.477 e. The second-order valence-corrected chi connectivity index (χ2v) is 23.1. The van der Waals surface area contributed by atoms with Crippen molar-refractivity contribution >= 4 is 17.9 Å². The number of hydrogen-bond acceptors (Lipinski definition) is 7. The van der Waals surface area contributed by atoms with Crippen molar-refractivity contribution in [2.75, 3.05) is 47.5 Å². The number of carbonyl (C=O) groups excluding carboxylic acids is 2. The summed E-state index contributed by atoms with van der Waals surface area (Å²) in [7, 11) is 5.97. The van der Waals surface area contributed by atoms with Gasteiger partial charge in [0.05, 0.1) is 34.4 Å². The number of unbranched alkanes of at least 4 members (excludes halogenated alkanes) is 31. The maximum absolute atomic E-state index is 12.9. The van der Waals surface area contributed by atoms with E-state index in [9.17, 15) is 19.5 Å². The number of rotatable bonds is 60. The number of nitrogens with zero attached hydrogens (tertiary/aromatic N) is 1. The molecule has 0 radical (unpaired) electrons. The molecule has 0 fully saturated rings. The van der Waals surface area contributed by atoms with Crippen molar-refractivity contribution in [1.29, 1.82) is 0 Å². The summed E-state index contributed by atoms with van der Waals surface area (Å²) in [4.78, 5) is 37.4. The summed E-state index contributed by atoms with van der Waals surface area (Å²) >= 11 is 0. The minimum Gasteiger partial charge on any atom is -0.477 e. The standard InChI is InChI=1S/C70H123NO8/c1-6-8-10-12-14-16-18-20-21-22-23-24-25-26-27-28-29-30-31-32-33-34-35-36-37-38-39-40-41-42-43-44-45-46-47-49-51-53-55-57-59-61-68(73)79-66(65-78-70(69(74)75)76-63-62-71(3,4)5)64-77-67(72)60-58-56-54-52-50-48-19-17-15-13-11-9-7-2/h8,10,14,16,20-21,23-24,26-27,29-30,32-33,66,70H,6-7,9,11-13,15,17-19,22,25,28,31,34-65H2,1-5H3/p+1/b10-8-,16-14-,21-20-,24-23-,27-26-,30-29-,33-32-. The summed E-state index contributed by atoms with van der Waals surface area (Å²) < 4.78 is 22.9. The zero-order valence-electron chi connectivity index (χ0n) is 52.0. The molecular formula is C70H124NO8+. The van der Waals surface area contributed by atoms with Gasteiger partial charge in [-0.2, -0.15) is 0 Å². The number of carbonyl (C=O) groups is 3. The van der Waals surface area contributed by atoms with Gasteiger partial charge < -0.3 is 28.5 Å². The first-order valence-electron chi connectivity index (χ1n) is 32.8. The van der Waals surface area contributed by atoms with Crippen LogP contribution in [0.5, 0.6) is 0 Å². The zero-order chi connectivity index (χ0) is 57.6. The Balaban J connectivity index is 3.97. The minimum absolute atomic E-state index is 0.179. The summed E-state index contributed by atoms with van der Waals surface area (Å²) in [5.41, 5.74) is 0. The normalized spacial score (nSPS) is 13.3. The molecule has 9 nitrogen and oxygen atoms in total. The average molecular weight is 1110 g/mol. The van der Waals surface area contributed by atoms with E-state index in [2.05, 4.69) is 98.9 Å². The van der Waals surface area contributed by atoms with Crippen LogP contribution >= 0.6 is 0 Å². The Morgan fingerprint density at radius 1 is 0.392 bits per heavy atom. The number of esters is 2. The van der Waals surface area contributed by atoms with Crippen molar-refractivity contribution in [3.8, 4) is 0 Å². The van der Waals surface area contributed by atoms with Crippen LogP contribution in [-0.4, -0.2) is 87.4 Å². The summed E-state index contributed by atoms with van der Waals surface area (Å²) in [6.07, 6.45) is 78.4. The second kappa shape index (κ2) is 60.6. The fraction of sp³-hybridized carbons (Fsp3) is 0.757. The molecular weight excluding hydrogens is 983 g/mol. The first-order chi connectivity index (χ1) is 38.6. The van der Waals surface area contributed by atoms with Gasteiger partial charge in [-0.25, -0.2) is 4.79 Å². The highest BCUT2D eigenvalue weighted by molar-refractivity contribution is 5.71. The third-order valence-electron chi connectivity index (χ3n) is 14.2. The molecule has 0 aliphatic rings. The third-order valence-corrected chi connectivity index (χ3v) is 14.2. The summed E-state index contributed by atoms with van der Waals surface area (Å²) in [6.45, 7) is 4.78. The number of likely N-dealkylation sites (N-methyl/N-ethyl adjacent to an activating group) is 1. The molecule has 0 aliphatic heterocycles. The molecule has 0 bridgehead atoms. The van der Waals surface area contributed by atoms with Crippen LogP contribution in [0, 0.1) is 0 Å². The molecule has 0 aromatic rings. The molecule has 0 rings (SSSR count). The van der Waals surface area contributed by atoms with Crippen molar-refractivity contribution in [3.05, 3.63) is 85.1 Å². The number of carboxylic acids is 1. The quantitative estimate of drug-likeness (QED) is 0.0211. The van der Waals surface area contributed by atoms with Crippen LogP contribution in [-0.2, 0) is 33.3 Å². The molecule has 0 aromatic heterocycles. The summed E-state index contributed by atoms with van der Waals surface area (Å²) in [6, 6.07) is 0.